The third kappa shape index (κ3) is 3.73. The standard InChI is InChI=1S/C14H14F3NO2/c1-3-9-5-10(7-13(19)20-4-2)11(8-18)12(6-9)14(15,16)17/h5-6H,3-4,7H2,1-2H3. The zero-order valence-corrected chi connectivity index (χ0v) is 11.2. The van der Waals surface area contributed by atoms with E-state index in [2.05, 4.69) is 0 Å². The number of carbonyl (C=O) groups excluding carboxylic acids is 1. The summed E-state index contributed by atoms with van der Waals surface area (Å²) >= 11 is 0. The molecule has 0 bridgehead atoms. The Morgan fingerprint density at radius 3 is 2.45 bits per heavy atom. The smallest absolute Gasteiger partial charge is 0.417 e. The molecule has 1 rings (SSSR count). The fraction of sp³-hybridized carbons (Fsp3) is 0.429. The lowest BCUT2D eigenvalue weighted by Crippen LogP contribution is -2.14. The van der Waals surface area contributed by atoms with Gasteiger partial charge < -0.3 is 4.74 Å². The molecular formula is C14H14F3NO2. The Hall–Kier alpha value is -2.03. The maximum absolute atomic E-state index is 12.9. The van der Waals surface area contributed by atoms with Gasteiger partial charge in [-0.1, -0.05) is 13.0 Å². The van der Waals surface area contributed by atoms with Crippen LogP contribution in [0.2, 0.25) is 0 Å². The van der Waals surface area contributed by atoms with Gasteiger partial charge >= 0.3 is 12.1 Å². The molecule has 0 saturated heterocycles. The van der Waals surface area contributed by atoms with Gasteiger partial charge in [-0.25, -0.2) is 0 Å². The van der Waals surface area contributed by atoms with E-state index in [1.807, 2.05) is 0 Å². The molecule has 20 heavy (non-hydrogen) atoms. The first-order valence-electron chi connectivity index (χ1n) is 6.12. The Balaban J connectivity index is 3.35. The minimum Gasteiger partial charge on any atom is -0.466 e. The monoisotopic (exact) mass is 285 g/mol. The van der Waals surface area contributed by atoms with E-state index in [1.54, 1.807) is 19.9 Å². The first-order valence-corrected chi connectivity index (χ1v) is 6.12. The minimum absolute atomic E-state index is 0.0534. The van der Waals surface area contributed by atoms with Gasteiger partial charge in [-0.05, 0) is 30.5 Å². The molecule has 0 atom stereocenters. The molecule has 0 unspecified atom stereocenters. The number of hydrogen-bond donors (Lipinski definition) is 0. The summed E-state index contributed by atoms with van der Waals surface area (Å²) in [7, 11) is 0. The molecule has 3 nitrogen and oxygen atoms in total. The van der Waals surface area contributed by atoms with Crippen LogP contribution in [0.4, 0.5) is 13.2 Å². The molecule has 0 heterocycles. The molecule has 0 fully saturated rings. The summed E-state index contributed by atoms with van der Waals surface area (Å²) in [6.07, 6.45) is -4.59. The lowest BCUT2D eigenvalue weighted by molar-refractivity contribution is -0.142. The van der Waals surface area contributed by atoms with Gasteiger partial charge in [-0.2, -0.15) is 18.4 Å². The predicted molar refractivity (Wildman–Crippen MR) is 65.9 cm³/mol. The van der Waals surface area contributed by atoms with Gasteiger partial charge in [0, 0.05) is 0 Å². The molecule has 0 amide bonds. The minimum atomic E-state index is -4.63. The zero-order chi connectivity index (χ0) is 15.3. The number of nitriles is 1. The summed E-state index contributed by atoms with van der Waals surface area (Å²) in [5.41, 5.74) is -1.03. The summed E-state index contributed by atoms with van der Waals surface area (Å²) in [4.78, 5) is 11.4. The van der Waals surface area contributed by atoms with Gasteiger partial charge in [0.2, 0.25) is 0 Å². The highest BCUT2D eigenvalue weighted by molar-refractivity contribution is 5.74. The number of halogens is 3. The quantitative estimate of drug-likeness (QED) is 0.798. The summed E-state index contributed by atoms with van der Waals surface area (Å²) < 4.78 is 43.6. The fourth-order valence-electron chi connectivity index (χ4n) is 1.83. The van der Waals surface area contributed by atoms with E-state index in [1.165, 1.54) is 6.07 Å². The summed E-state index contributed by atoms with van der Waals surface area (Å²) in [5, 5.41) is 8.97. The van der Waals surface area contributed by atoms with Gasteiger partial charge in [0.1, 0.15) is 6.07 Å². The highest BCUT2D eigenvalue weighted by Crippen LogP contribution is 2.34. The molecule has 108 valence electrons. The molecule has 0 spiro atoms. The predicted octanol–water partition coefficient (Wildman–Crippen LogP) is 3.25. The summed E-state index contributed by atoms with van der Waals surface area (Å²) in [5.74, 6) is -0.648. The Morgan fingerprint density at radius 1 is 1.35 bits per heavy atom. The summed E-state index contributed by atoms with van der Waals surface area (Å²) in [6, 6.07) is 3.94. The molecular weight excluding hydrogens is 271 g/mol. The average Bonchev–Trinajstić information content (AvgIpc) is 2.36. The van der Waals surface area contributed by atoms with Gasteiger partial charge in [-0.3, -0.25) is 4.79 Å². The van der Waals surface area contributed by atoms with Crippen molar-refractivity contribution in [2.75, 3.05) is 6.61 Å². The van der Waals surface area contributed by atoms with Gasteiger partial charge in [0.05, 0.1) is 24.2 Å². The van der Waals surface area contributed by atoms with Gasteiger partial charge in [0.15, 0.2) is 0 Å². The van der Waals surface area contributed by atoms with Crippen LogP contribution in [0.3, 0.4) is 0 Å². The Labute approximate surface area is 115 Å². The molecule has 1 aromatic carbocycles. The van der Waals surface area contributed by atoms with Crippen LogP contribution in [-0.4, -0.2) is 12.6 Å². The lowest BCUT2D eigenvalue weighted by Gasteiger charge is -2.14. The molecule has 0 N–H and O–H groups in total. The third-order valence-corrected chi connectivity index (χ3v) is 2.75. The van der Waals surface area contributed by atoms with E-state index in [0.717, 1.165) is 6.07 Å². The average molecular weight is 285 g/mol. The van der Waals surface area contributed by atoms with Crippen molar-refractivity contribution in [3.8, 4) is 6.07 Å². The fourth-order valence-corrected chi connectivity index (χ4v) is 1.83. The van der Waals surface area contributed by atoms with Gasteiger partial charge in [-0.15, -0.1) is 0 Å². The van der Waals surface area contributed by atoms with Crippen molar-refractivity contribution in [3.05, 3.63) is 34.4 Å². The first kappa shape index (κ1) is 16.0. The number of esters is 1. The van der Waals surface area contributed by atoms with Crippen LogP contribution in [0.25, 0.3) is 0 Å². The third-order valence-electron chi connectivity index (χ3n) is 2.75. The van der Waals surface area contributed by atoms with Crippen molar-refractivity contribution < 1.29 is 22.7 Å². The molecule has 0 saturated carbocycles. The number of benzene rings is 1. The highest BCUT2D eigenvalue weighted by atomic mass is 19.4. The SMILES string of the molecule is CCOC(=O)Cc1cc(CC)cc(C(F)(F)F)c1C#N. The highest BCUT2D eigenvalue weighted by Gasteiger charge is 2.35. The largest absolute Gasteiger partial charge is 0.466 e. The Bertz CT molecular complexity index is 545. The number of nitrogens with zero attached hydrogens (tertiary/aromatic N) is 1. The number of ether oxygens (including phenoxy) is 1. The van der Waals surface area contributed by atoms with E-state index in [9.17, 15) is 18.0 Å². The van der Waals surface area contributed by atoms with Crippen molar-refractivity contribution in [1.82, 2.24) is 0 Å². The maximum atomic E-state index is 12.9. The normalized spacial score (nSPS) is 11.0. The van der Waals surface area contributed by atoms with Crippen molar-refractivity contribution in [3.63, 3.8) is 0 Å². The zero-order valence-electron chi connectivity index (χ0n) is 11.2. The van der Waals surface area contributed by atoms with E-state index in [0.29, 0.717) is 12.0 Å². The van der Waals surface area contributed by atoms with Crippen LogP contribution in [0.5, 0.6) is 0 Å². The number of aryl methyl sites for hydroxylation is 1. The van der Waals surface area contributed by atoms with Crippen LogP contribution in [0, 0.1) is 11.3 Å². The van der Waals surface area contributed by atoms with Crippen molar-refractivity contribution in [2.45, 2.75) is 32.9 Å². The van der Waals surface area contributed by atoms with Crippen LogP contribution in [0.15, 0.2) is 12.1 Å². The lowest BCUT2D eigenvalue weighted by atomic mass is 9.95. The number of hydrogen-bond acceptors (Lipinski definition) is 3. The van der Waals surface area contributed by atoms with Crippen LogP contribution < -0.4 is 0 Å². The van der Waals surface area contributed by atoms with Crippen LogP contribution in [-0.2, 0) is 28.5 Å². The van der Waals surface area contributed by atoms with E-state index in [4.69, 9.17) is 10.00 Å². The van der Waals surface area contributed by atoms with E-state index >= 15 is 0 Å². The molecule has 0 aliphatic carbocycles. The van der Waals surface area contributed by atoms with Crippen molar-refractivity contribution in [1.29, 1.82) is 5.26 Å². The molecule has 0 aliphatic rings. The second-order valence-electron chi connectivity index (χ2n) is 4.12. The number of alkyl halides is 3. The van der Waals surface area contributed by atoms with E-state index in [-0.39, 0.29) is 18.6 Å². The number of rotatable bonds is 4. The molecule has 1 aromatic rings. The Kier molecular flexibility index (Phi) is 5.14. The van der Waals surface area contributed by atoms with E-state index < -0.39 is 23.3 Å². The van der Waals surface area contributed by atoms with Crippen LogP contribution >= 0.6 is 0 Å². The molecule has 6 heteroatoms. The second kappa shape index (κ2) is 6.42. The van der Waals surface area contributed by atoms with Crippen molar-refractivity contribution in [2.24, 2.45) is 0 Å². The van der Waals surface area contributed by atoms with Gasteiger partial charge in [0.25, 0.3) is 0 Å². The molecule has 0 aliphatic heterocycles. The topological polar surface area (TPSA) is 50.1 Å². The number of carbonyl (C=O) groups is 1. The maximum Gasteiger partial charge on any atom is 0.417 e. The summed E-state index contributed by atoms with van der Waals surface area (Å²) in [6.45, 7) is 3.45. The molecule has 0 aromatic heterocycles. The Morgan fingerprint density at radius 2 is 2.00 bits per heavy atom. The van der Waals surface area contributed by atoms with Crippen molar-refractivity contribution >= 4 is 5.97 Å². The molecule has 0 radical (unpaired) electrons. The second-order valence-corrected chi connectivity index (χ2v) is 4.12. The van der Waals surface area contributed by atoms with Crippen LogP contribution in [0.1, 0.15) is 36.1 Å². The first-order chi connectivity index (χ1) is 9.33.